The molecule has 0 heterocycles. The molecule has 192 valence electrons. The molecule has 0 saturated heterocycles. The number of hydrogen-bond donors (Lipinski definition) is 3. The quantitative estimate of drug-likeness (QED) is 0.150. The molecule has 2 amide bonds. The zero-order valence-electron chi connectivity index (χ0n) is 21.5. The zero-order chi connectivity index (χ0) is 24.7. The normalized spacial score (nSPS) is 12.8. The number of nitrogens with one attached hydrogen (secondary N) is 2. The molecule has 0 aliphatic heterocycles. The van der Waals surface area contributed by atoms with Crippen molar-refractivity contribution in [2.75, 3.05) is 26.2 Å². The van der Waals surface area contributed by atoms with E-state index >= 15 is 0 Å². The Morgan fingerprint density at radius 1 is 0.758 bits per heavy atom. The largest absolute Gasteiger partial charge is 0.396 e. The van der Waals surface area contributed by atoms with Crippen LogP contribution in [0.1, 0.15) is 97.3 Å². The number of aliphatic hydroxyl groups is 1. The summed E-state index contributed by atoms with van der Waals surface area (Å²) in [6.07, 6.45) is 16.3. The molecule has 0 aromatic rings. The van der Waals surface area contributed by atoms with Crippen molar-refractivity contribution >= 4 is 11.8 Å². The van der Waals surface area contributed by atoms with E-state index in [-0.39, 0.29) is 30.5 Å². The minimum absolute atomic E-state index is 0.0988. The van der Waals surface area contributed by atoms with Crippen LogP contribution in [0.5, 0.6) is 0 Å². The Kier molecular flexibility index (Phi) is 21.0. The molecule has 6 nitrogen and oxygen atoms in total. The minimum atomic E-state index is 0.0988. The summed E-state index contributed by atoms with van der Waals surface area (Å²) in [4.78, 5) is 26.7. The van der Waals surface area contributed by atoms with Crippen LogP contribution in [0.3, 0.4) is 0 Å². The lowest BCUT2D eigenvalue weighted by Gasteiger charge is -2.34. The average molecular weight is 466 g/mol. The van der Waals surface area contributed by atoms with Gasteiger partial charge in [-0.15, -0.1) is 13.2 Å². The summed E-state index contributed by atoms with van der Waals surface area (Å²) in [6, 6.07) is 0.259. The van der Waals surface area contributed by atoms with E-state index in [2.05, 4.69) is 42.5 Å². The van der Waals surface area contributed by atoms with Gasteiger partial charge in [0.1, 0.15) is 0 Å². The highest BCUT2D eigenvalue weighted by molar-refractivity contribution is 5.76. The van der Waals surface area contributed by atoms with E-state index in [1.807, 2.05) is 12.2 Å². The third-order valence-electron chi connectivity index (χ3n) is 6.02. The molecule has 0 aromatic carbocycles. The Morgan fingerprint density at radius 3 is 1.58 bits per heavy atom. The van der Waals surface area contributed by atoms with Gasteiger partial charge in [0, 0.05) is 51.2 Å². The Morgan fingerprint density at radius 2 is 1.18 bits per heavy atom. The molecule has 0 aromatic heterocycles. The molecular formula is C27H51N3O3. The number of carbonyl (C=O) groups excluding carboxylic acids is 2. The molecule has 0 aliphatic carbocycles. The van der Waals surface area contributed by atoms with Crippen molar-refractivity contribution in [3.05, 3.63) is 25.3 Å². The number of unbranched alkanes of at least 4 members (excludes halogenated alkanes) is 8. The zero-order valence-corrected chi connectivity index (χ0v) is 21.5. The Bertz CT molecular complexity index is 483. The van der Waals surface area contributed by atoms with Crippen LogP contribution >= 0.6 is 0 Å². The first-order valence-electron chi connectivity index (χ1n) is 13.1. The highest BCUT2D eigenvalue weighted by atomic mass is 16.3. The monoisotopic (exact) mass is 465 g/mol. The van der Waals surface area contributed by atoms with Crippen LogP contribution in [-0.4, -0.2) is 60.1 Å². The predicted octanol–water partition coefficient (Wildman–Crippen LogP) is 4.73. The topological polar surface area (TPSA) is 81.7 Å². The Balaban J connectivity index is 4.26. The van der Waals surface area contributed by atoms with Gasteiger partial charge >= 0.3 is 0 Å². The molecule has 0 bridgehead atoms. The van der Waals surface area contributed by atoms with Gasteiger partial charge in [-0.25, -0.2) is 0 Å². The number of amides is 2. The highest BCUT2D eigenvalue weighted by Crippen LogP contribution is 2.09. The number of allylic oxidation sites excluding steroid dienone is 2. The van der Waals surface area contributed by atoms with E-state index in [0.29, 0.717) is 32.4 Å². The maximum Gasteiger partial charge on any atom is 0.220 e. The van der Waals surface area contributed by atoms with E-state index < -0.39 is 0 Å². The fourth-order valence-corrected chi connectivity index (χ4v) is 3.92. The van der Waals surface area contributed by atoms with E-state index in [1.165, 1.54) is 0 Å². The molecule has 0 aliphatic rings. The fourth-order valence-electron chi connectivity index (χ4n) is 3.92. The van der Waals surface area contributed by atoms with Gasteiger partial charge in [0.2, 0.25) is 11.8 Å². The number of hydrogen-bond acceptors (Lipinski definition) is 4. The molecule has 2 atom stereocenters. The lowest BCUT2D eigenvalue weighted by molar-refractivity contribution is -0.121. The number of carbonyl (C=O) groups is 2. The summed E-state index contributed by atoms with van der Waals surface area (Å²) < 4.78 is 0. The van der Waals surface area contributed by atoms with E-state index in [4.69, 9.17) is 0 Å². The molecule has 2 unspecified atom stereocenters. The summed E-state index contributed by atoms with van der Waals surface area (Å²) in [5, 5.41) is 15.4. The van der Waals surface area contributed by atoms with Gasteiger partial charge in [-0.05, 0) is 58.8 Å². The van der Waals surface area contributed by atoms with Gasteiger partial charge in [-0.3, -0.25) is 14.5 Å². The van der Waals surface area contributed by atoms with Crippen LogP contribution in [0.2, 0.25) is 0 Å². The second-order valence-corrected chi connectivity index (χ2v) is 9.10. The minimum Gasteiger partial charge on any atom is -0.396 e. The van der Waals surface area contributed by atoms with Crippen molar-refractivity contribution < 1.29 is 14.7 Å². The molecule has 3 N–H and O–H groups in total. The van der Waals surface area contributed by atoms with Gasteiger partial charge in [0.05, 0.1) is 0 Å². The Hall–Kier alpha value is -1.66. The second kappa shape index (κ2) is 22.1. The van der Waals surface area contributed by atoms with Crippen LogP contribution in [-0.2, 0) is 9.59 Å². The van der Waals surface area contributed by atoms with Crippen molar-refractivity contribution in [2.24, 2.45) is 0 Å². The van der Waals surface area contributed by atoms with E-state index in [0.717, 1.165) is 70.8 Å². The summed E-state index contributed by atoms with van der Waals surface area (Å²) in [5.74, 6) is 0.198. The first-order valence-corrected chi connectivity index (χ1v) is 13.1. The standard InChI is InChI=1S/C27H51N3O3/c1-5-7-9-11-13-15-18-26(32)28-22-24(3)30(20-17-21-31)25(4)23-29-27(33)19-16-14-12-10-8-6-2/h5-6,24-25,31H,1-2,7-23H2,3-4H3,(H,28,32)(H,29,33). The molecule has 0 rings (SSSR count). The number of aliphatic hydroxyl groups excluding tert-OH is 1. The molecule has 0 fully saturated rings. The molecule has 0 radical (unpaired) electrons. The first kappa shape index (κ1) is 31.3. The van der Waals surface area contributed by atoms with Crippen molar-refractivity contribution in [2.45, 2.75) is 109 Å². The molecule has 0 saturated carbocycles. The van der Waals surface area contributed by atoms with Crippen LogP contribution in [0.25, 0.3) is 0 Å². The SMILES string of the molecule is C=CCCCCCCC(=O)NCC(C)N(CCCO)C(C)CNC(=O)CCCCCCC=C. The van der Waals surface area contributed by atoms with Crippen LogP contribution in [0.15, 0.2) is 25.3 Å². The summed E-state index contributed by atoms with van der Waals surface area (Å²) in [5.41, 5.74) is 0. The molecular weight excluding hydrogens is 414 g/mol. The summed E-state index contributed by atoms with van der Waals surface area (Å²) >= 11 is 0. The average Bonchev–Trinajstić information content (AvgIpc) is 2.81. The fraction of sp³-hybridized carbons (Fsp3) is 0.778. The second-order valence-electron chi connectivity index (χ2n) is 9.10. The smallest absolute Gasteiger partial charge is 0.220 e. The van der Waals surface area contributed by atoms with Crippen molar-refractivity contribution in [1.82, 2.24) is 15.5 Å². The summed E-state index contributed by atoms with van der Waals surface area (Å²) in [7, 11) is 0. The van der Waals surface area contributed by atoms with E-state index in [9.17, 15) is 14.7 Å². The highest BCUT2D eigenvalue weighted by Gasteiger charge is 2.20. The molecule has 0 spiro atoms. The van der Waals surface area contributed by atoms with Crippen molar-refractivity contribution in [1.29, 1.82) is 0 Å². The lowest BCUT2D eigenvalue weighted by atomic mass is 10.1. The maximum absolute atomic E-state index is 12.2. The van der Waals surface area contributed by atoms with E-state index in [1.54, 1.807) is 0 Å². The van der Waals surface area contributed by atoms with Gasteiger partial charge in [0.25, 0.3) is 0 Å². The Labute approximate surface area is 203 Å². The number of rotatable bonds is 23. The van der Waals surface area contributed by atoms with Crippen LogP contribution in [0.4, 0.5) is 0 Å². The van der Waals surface area contributed by atoms with Gasteiger partial charge in [-0.1, -0.05) is 37.8 Å². The third-order valence-corrected chi connectivity index (χ3v) is 6.02. The van der Waals surface area contributed by atoms with Crippen molar-refractivity contribution in [3.63, 3.8) is 0 Å². The predicted molar refractivity (Wildman–Crippen MR) is 139 cm³/mol. The van der Waals surface area contributed by atoms with Crippen molar-refractivity contribution in [3.8, 4) is 0 Å². The van der Waals surface area contributed by atoms with Crippen LogP contribution < -0.4 is 10.6 Å². The molecule has 33 heavy (non-hydrogen) atoms. The van der Waals surface area contributed by atoms with Crippen LogP contribution in [0, 0.1) is 0 Å². The molecule has 6 heteroatoms. The lowest BCUT2D eigenvalue weighted by Crippen LogP contribution is -2.50. The van der Waals surface area contributed by atoms with Gasteiger partial charge in [0.15, 0.2) is 0 Å². The maximum atomic E-state index is 12.2. The first-order chi connectivity index (χ1) is 16.0. The van der Waals surface area contributed by atoms with Gasteiger partial charge in [-0.2, -0.15) is 0 Å². The summed E-state index contributed by atoms with van der Waals surface area (Å²) in [6.45, 7) is 13.7. The van der Waals surface area contributed by atoms with Gasteiger partial charge < -0.3 is 15.7 Å². The number of nitrogens with zero attached hydrogens (tertiary/aromatic N) is 1. The third kappa shape index (κ3) is 18.5.